The molecule has 0 saturated carbocycles. The van der Waals surface area contributed by atoms with Gasteiger partial charge in [-0.3, -0.25) is 4.72 Å². The Balaban J connectivity index is 2.86. The summed E-state index contributed by atoms with van der Waals surface area (Å²) < 4.78 is 37.7. The van der Waals surface area contributed by atoms with Crippen LogP contribution in [0.3, 0.4) is 0 Å². The Morgan fingerprint density at radius 3 is 2.67 bits per heavy atom. The molecule has 0 unspecified atom stereocenters. The average Bonchev–Trinajstić information content (AvgIpc) is 2.10. The standard InChI is InChI=1S/C9H12FNO3S/c1-2-5-15(13,14)11-7-3-4-9(12)8(10)6-7/h3-4,6,11-12H,2,5H2,1H3. The molecule has 1 aromatic carbocycles. The van der Waals surface area contributed by atoms with Crippen LogP contribution in [0.1, 0.15) is 13.3 Å². The Bertz CT molecular complexity index is 445. The molecule has 6 heteroatoms. The summed E-state index contributed by atoms with van der Waals surface area (Å²) in [6.45, 7) is 1.73. The molecule has 84 valence electrons. The first-order valence-corrected chi connectivity index (χ1v) is 6.09. The lowest BCUT2D eigenvalue weighted by atomic mass is 10.3. The second-order valence-corrected chi connectivity index (χ2v) is 4.93. The molecule has 0 aromatic heterocycles. The first-order valence-electron chi connectivity index (χ1n) is 4.43. The number of nitrogens with one attached hydrogen (secondary N) is 1. The first kappa shape index (κ1) is 11.8. The maximum atomic E-state index is 12.9. The predicted molar refractivity (Wildman–Crippen MR) is 55.8 cm³/mol. The first-order chi connectivity index (χ1) is 6.94. The number of halogens is 1. The summed E-state index contributed by atoms with van der Waals surface area (Å²) in [6, 6.07) is 3.33. The van der Waals surface area contributed by atoms with Crippen molar-refractivity contribution in [3.05, 3.63) is 24.0 Å². The third-order valence-electron chi connectivity index (χ3n) is 1.69. The lowest BCUT2D eigenvalue weighted by Gasteiger charge is -2.07. The topological polar surface area (TPSA) is 66.4 Å². The molecular formula is C9H12FNO3S. The van der Waals surface area contributed by atoms with E-state index in [1.807, 2.05) is 0 Å². The minimum Gasteiger partial charge on any atom is -0.505 e. The van der Waals surface area contributed by atoms with Gasteiger partial charge in [0.1, 0.15) is 0 Å². The van der Waals surface area contributed by atoms with Crippen molar-refractivity contribution in [3.63, 3.8) is 0 Å². The number of phenolic OH excluding ortho intramolecular Hbond substituents is 1. The van der Waals surface area contributed by atoms with E-state index in [0.29, 0.717) is 6.42 Å². The highest BCUT2D eigenvalue weighted by Crippen LogP contribution is 2.20. The molecule has 0 aliphatic heterocycles. The van der Waals surface area contributed by atoms with Crippen LogP contribution in [0.2, 0.25) is 0 Å². The largest absolute Gasteiger partial charge is 0.505 e. The predicted octanol–water partition coefficient (Wildman–Crippen LogP) is 1.68. The van der Waals surface area contributed by atoms with Gasteiger partial charge in [-0.15, -0.1) is 0 Å². The molecule has 0 aliphatic rings. The Hall–Kier alpha value is -1.30. The van der Waals surface area contributed by atoms with Gasteiger partial charge in [-0.25, -0.2) is 12.8 Å². The average molecular weight is 233 g/mol. The minimum atomic E-state index is -3.41. The van der Waals surface area contributed by atoms with Gasteiger partial charge in [0, 0.05) is 6.07 Å². The fourth-order valence-electron chi connectivity index (χ4n) is 1.07. The van der Waals surface area contributed by atoms with Gasteiger partial charge in [-0.1, -0.05) is 6.92 Å². The minimum absolute atomic E-state index is 0.0184. The summed E-state index contributed by atoms with van der Waals surface area (Å²) in [5.74, 6) is -1.38. The van der Waals surface area contributed by atoms with E-state index in [4.69, 9.17) is 5.11 Å². The van der Waals surface area contributed by atoms with Gasteiger partial charge in [0.25, 0.3) is 0 Å². The number of hydrogen-bond donors (Lipinski definition) is 2. The molecule has 0 aliphatic carbocycles. The molecule has 0 amide bonds. The zero-order valence-electron chi connectivity index (χ0n) is 8.20. The molecule has 0 atom stereocenters. The van der Waals surface area contributed by atoms with Crippen molar-refractivity contribution < 1.29 is 17.9 Å². The molecule has 0 radical (unpaired) electrons. The van der Waals surface area contributed by atoms with Gasteiger partial charge in [-0.2, -0.15) is 0 Å². The van der Waals surface area contributed by atoms with Gasteiger partial charge >= 0.3 is 0 Å². The summed E-state index contributed by atoms with van der Waals surface area (Å²) in [4.78, 5) is 0. The van der Waals surface area contributed by atoms with Crippen LogP contribution in [0, 0.1) is 5.82 Å². The van der Waals surface area contributed by atoms with E-state index in [1.54, 1.807) is 6.92 Å². The fourth-order valence-corrected chi connectivity index (χ4v) is 2.20. The Labute approximate surface area is 87.8 Å². The Morgan fingerprint density at radius 2 is 2.13 bits per heavy atom. The van der Waals surface area contributed by atoms with Crippen LogP contribution >= 0.6 is 0 Å². The van der Waals surface area contributed by atoms with Gasteiger partial charge in [0.15, 0.2) is 11.6 Å². The number of hydrogen-bond acceptors (Lipinski definition) is 3. The van der Waals surface area contributed by atoms with Crippen LogP contribution in [0.5, 0.6) is 5.75 Å². The van der Waals surface area contributed by atoms with Gasteiger partial charge in [0.05, 0.1) is 11.4 Å². The Kier molecular flexibility index (Phi) is 3.52. The number of phenols is 1. The zero-order valence-corrected chi connectivity index (χ0v) is 9.01. The summed E-state index contributed by atoms with van der Waals surface area (Å²) in [5, 5.41) is 8.89. The van der Waals surface area contributed by atoms with Crippen LogP contribution in [0.15, 0.2) is 18.2 Å². The van der Waals surface area contributed by atoms with Crippen molar-refractivity contribution in [2.45, 2.75) is 13.3 Å². The number of rotatable bonds is 4. The molecule has 0 bridgehead atoms. The van der Waals surface area contributed by atoms with E-state index in [9.17, 15) is 12.8 Å². The highest BCUT2D eigenvalue weighted by atomic mass is 32.2. The van der Waals surface area contributed by atoms with Gasteiger partial charge in [-0.05, 0) is 18.6 Å². The second-order valence-electron chi connectivity index (χ2n) is 3.09. The number of anilines is 1. The summed E-state index contributed by atoms with van der Waals surface area (Å²) >= 11 is 0. The van der Waals surface area contributed by atoms with E-state index in [-0.39, 0.29) is 11.4 Å². The molecule has 1 rings (SSSR count). The highest BCUT2D eigenvalue weighted by Gasteiger charge is 2.10. The molecule has 0 spiro atoms. The second kappa shape index (κ2) is 4.48. The number of aromatic hydroxyl groups is 1. The third kappa shape index (κ3) is 3.39. The monoisotopic (exact) mass is 233 g/mol. The molecule has 15 heavy (non-hydrogen) atoms. The third-order valence-corrected chi connectivity index (χ3v) is 3.19. The maximum absolute atomic E-state index is 12.9. The van der Waals surface area contributed by atoms with Gasteiger partial charge < -0.3 is 5.11 Å². The molecule has 2 N–H and O–H groups in total. The van der Waals surface area contributed by atoms with Crippen molar-refractivity contribution >= 4 is 15.7 Å². The van der Waals surface area contributed by atoms with E-state index in [2.05, 4.69) is 4.72 Å². The van der Waals surface area contributed by atoms with Crippen molar-refractivity contribution in [2.24, 2.45) is 0 Å². The molecule has 4 nitrogen and oxygen atoms in total. The maximum Gasteiger partial charge on any atom is 0.232 e. The van der Waals surface area contributed by atoms with E-state index in [0.717, 1.165) is 12.1 Å². The van der Waals surface area contributed by atoms with Gasteiger partial charge in [0.2, 0.25) is 10.0 Å². The van der Waals surface area contributed by atoms with Crippen molar-refractivity contribution in [3.8, 4) is 5.75 Å². The number of sulfonamides is 1. The molecule has 1 aromatic rings. The summed E-state index contributed by atoms with van der Waals surface area (Å²) in [5.41, 5.74) is 0.110. The molecule has 0 fully saturated rings. The van der Waals surface area contributed by atoms with Crippen LogP contribution in [-0.4, -0.2) is 19.3 Å². The van der Waals surface area contributed by atoms with Crippen molar-refractivity contribution in [1.29, 1.82) is 0 Å². The number of benzene rings is 1. The van der Waals surface area contributed by atoms with Crippen molar-refractivity contribution in [1.82, 2.24) is 0 Å². The fraction of sp³-hybridized carbons (Fsp3) is 0.333. The normalized spacial score (nSPS) is 11.3. The lowest BCUT2D eigenvalue weighted by molar-refractivity contribution is 0.432. The zero-order chi connectivity index (χ0) is 11.5. The smallest absolute Gasteiger partial charge is 0.232 e. The SMILES string of the molecule is CCCS(=O)(=O)Nc1ccc(O)c(F)c1. The van der Waals surface area contributed by atoms with E-state index in [1.165, 1.54) is 6.07 Å². The Morgan fingerprint density at radius 1 is 1.47 bits per heavy atom. The molecular weight excluding hydrogens is 221 g/mol. The van der Waals surface area contributed by atoms with Crippen LogP contribution < -0.4 is 4.72 Å². The van der Waals surface area contributed by atoms with Crippen LogP contribution in [-0.2, 0) is 10.0 Å². The van der Waals surface area contributed by atoms with E-state index >= 15 is 0 Å². The lowest BCUT2D eigenvalue weighted by Crippen LogP contribution is -2.16. The molecule has 0 heterocycles. The van der Waals surface area contributed by atoms with Crippen LogP contribution in [0.25, 0.3) is 0 Å². The van der Waals surface area contributed by atoms with Crippen molar-refractivity contribution in [2.75, 3.05) is 10.5 Å². The summed E-state index contributed by atoms with van der Waals surface area (Å²) in [6.07, 6.45) is 0.482. The quantitative estimate of drug-likeness (QED) is 0.777. The highest BCUT2D eigenvalue weighted by molar-refractivity contribution is 7.92. The molecule has 0 saturated heterocycles. The summed E-state index contributed by atoms with van der Waals surface area (Å²) in [7, 11) is -3.41. The van der Waals surface area contributed by atoms with E-state index < -0.39 is 21.6 Å². The van der Waals surface area contributed by atoms with Crippen LogP contribution in [0.4, 0.5) is 10.1 Å².